The first-order chi connectivity index (χ1) is 11.2. The summed E-state index contributed by atoms with van der Waals surface area (Å²) in [5.74, 6) is 1.69. The van der Waals surface area contributed by atoms with Gasteiger partial charge in [0.15, 0.2) is 11.5 Å². The molecular formula is C18H22FNO3. The second kappa shape index (κ2) is 8.39. The van der Waals surface area contributed by atoms with E-state index in [1.807, 2.05) is 18.2 Å². The van der Waals surface area contributed by atoms with Gasteiger partial charge in [-0.3, -0.25) is 0 Å². The highest BCUT2D eigenvalue weighted by Gasteiger charge is 2.13. The van der Waals surface area contributed by atoms with Crippen molar-refractivity contribution >= 4 is 0 Å². The zero-order valence-electron chi connectivity index (χ0n) is 13.4. The Morgan fingerprint density at radius 2 is 1.70 bits per heavy atom. The minimum atomic E-state index is -0.248. The van der Waals surface area contributed by atoms with Crippen LogP contribution < -0.4 is 19.9 Å². The first kappa shape index (κ1) is 17.1. The van der Waals surface area contributed by atoms with Crippen molar-refractivity contribution in [2.75, 3.05) is 27.4 Å². The van der Waals surface area contributed by atoms with Crippen LogP contribution in [0.4, 0.5) is 4.39 Å². The molecule has 2 rings (SSSR count). The van der Waals surface area contributed by atoms with Gasteiger partial charge < -0.3 is 19.9 Å². The first-order valence-corrected chi connectivity index (χ1v) is 7.49. The van der Waals surface area contributed by atoms with E-state index < -0.39 is 0 Å². The molecule has 0 aliphatic carbocycles. The van der Waals surface area contributed by atoms with Crippen molar-refractivity contribution in [2.24, 2.45) is 5.73 Å². The Bertz CT molecular complexity index is 616. The Labute approximate surface area is 136 Å². The van der Waals surface area contributed by atoms with E-state index in [1.54, 1.807) is 26.4 Å². The summed E-state index contributed by atoms with van der Waals surface area (Å²) >= 11 is 0. The number of methoxy groups -OCH3 is 2. The summed E-state index contributed by atoms with van der Waals surface area (Å²) in [5, 5.41) is 0. The summed E-state index contributed by atoms with van der Waals surface area (Å²) in [7, 11) is 3.16. The van der Waals surface area contributed by atoms with E-state index in [1.165, 1.54) is 12.1 Å². The third kappa shape index (κ3) is 4.36. The van der Waals surface area contributed by atoms with Gasteiger partial charge in [-0.2, -0.15) is 0 Å². The number of rotatable bonds is 8. The molecule has 5 heteroatoms. The van der Waals surface area contributed by atoms with Crippen molar-refractivity contribution in [2.45, 2.75) is 12.3 Å². The Balaban J connectivity index is 1.99. The standard InChI is InChI=1S/C18H22FNO3/c1-21-16-4-3-5-17(18(16)22-2)23-11-10-14(12-20)13-6-8-15(19)9-7-13/h3-9,14H,10-12,20H2,1-2H3. The molecule has 0 aromatic heterocycles. The number of ether oxygens (including phenoxy) is 3. The highest BCUT2D eigenvalue weighted by molar-refractivity contribution is 5.51. The van der Waals surface area contributed by atoms with E-state index in [0.29, 0.717) is 30.4 Å². The van der Waals surface area contributed by atoms with Gasteiger partial charge in [0.1, 0.15) is 5.82 Å². The van der Waals surface area contributed by atoms with Crippen molar-refractivity contribution in [1.29, 1.82) is 0 Å². The largest absolute Gasteiger partial charge is 0.493 e. The molecule has 0 spiro atoms. The lowest BCUT2D eigenvalue weighted by atomic mass is 9.96. The summed E-state index contributed by atoms with van der Waals surface area (Å²) in [6, 6.07) is 11.9. The predicted octanol–water partition coefficient (Wildman–Crippen LogP) is 3.35. The van der Waals surface area contributed by atoms with Crippen molar-refractivity contribution in [3.05, 3.63) is 53.8 Å². The Hall–Kier alpha value is -2.27. The average molecular weight is 319 g/mol. The van der Waals surface area contributed by atoms with Gasteiger partial charge in [-0.1, -0.05) is 18.2 Å². The first-order valence-electron chi connectivity index (χ1n) is 7.49. The number of para-hydroxylation sites is 1. The van der Waals surface area contributed by atoms with Gasteiger partial charge in [0.2, 0.25) is 5.75 Å². The summed E-state index contributed by atoms with van der Waals surface area (Å²) in [6.45, 7) is 0.951. The van der Waals surface area contributed by atoms with Gasteiger partial charge >= 0.3 is 0 Å². The number of hydrogen-bond donors (Lipinski definition) is 1. The number of nitrogens with two attached hydrogens (primary N) is 1. The quantitative estimate of drug-likeness (QED) is 0.810. The molecule has 2 aromatic rings. The second-order valence-corrected chi connectivity index (χ2v) is 5.11. The fraction of sp³-hybridized carbons (Fsp3) is 0.333. The normalized spacial score (nSPS) is 11.8. The smallest absolute Gasteiger partial charge is 0.203 e. The Morgan fingerprint density at radius 3 is 2.30 bits per heavy atom. The number of benzene rings is 2. The van der Waals surface area contributed by atoms with E-state index >= 15 is 0 Å². The molecule has 1 unspecified atom stereocenters. The molecule has 2 aromatic carbocycles. The lowest BCUT2D eigenvalue weighted by molar-refractivity contribution is 0.272. The molecule has 23 heavy (non-hydrogen) atoms. The summed E-state index contributed by atoms with van der Waals surface area (Å²) in [5.41, 5.74) is 6.84. The van der Waals surface area contributed by atoms with Crippen LogP contribution in [0, 0.1) is 5.82 Å². The summed E-state index contributed by atoms with van der Waals surface area (Å²) < 4.78 is 29.4. The van der Waals surface area contributed by atoms with Crippen LogP contribution in [-0.2, 0) is 0 Å². The molecule has 0 amide bonds. The van der Waals surface area contributed by atoms with Crippen LogP contribution in [0.15, 0.2) is 42.5 Å². The molecule has 0 bridgehead atoms. The maximum absolute atomic E-state index is 13.0. The van der Waals surface area contributed by atoms with Crippen LogP contribution >= 0.6 is 0 Å². The molecule has 0 saturated carbocycles. The van der Waals surface area contributed by atoms with Crippen molar-refractivity contribution in [1.82, 2.24) is 0 Å². The van der Waals surface area contributed by atoms with Gasteiger partial charge in [0.25, 0.3) is 0 Å². The van der Waals surface area contributed by atoms with E-state index in [-0.39, 0.29) is 11.7 Å². The molecule has 0 aliphatic heterocycles. The molecular weight excluding hydrogens is 297 g/mol. The van der Waals surface area contributed by atoms with Gasteiger partial charge in [-0.25, -0.2) is 4.39 Å². The molecule has 4 nitrogen and oxygen atoms in total. The number of halogens is 1. The van der Waals surface area contributed by atoms with Crippen LogP contribution in [-0.4, -0.2) is 27.4 Å². The lowest BCUT2D eigenvalue weighted by Crippen LogP contribution is -2.15. The molecule has 1 atom stereocenters. The molecule has 0 radical (unpaired) electrons. The molecule has 0 fully saturated rings. The Kier molecular flexibility index (Phi) is 6.23. The molecule has 2 N–H and O–H groups in total. The van der Waals surface area contributed by atoms with Gasteiger partial charge in [0, 0.05) is 0 Å². The molecule has 0 heterocycles. The van der Waals surface area contributed by atoms with Crippen LogP contribution in [0.25, 0.3) is 0 Å². The third-order valence-electron chi connectivity index (χ3n) is 3.72. The fourth-order valence-corrected chi connectivity index (χ4v) is 2.44. The average Bonchev–Trinajstić information content (AvgIpc) is 2.59. The van der Waals surface area contributed by atoms with Crippen molar-refractivity contribution < 1.29 is 18.6 Å². The van der Waals surface area contributed by atoms with E-state index in [0.717, 1.165) is 12.0 Å². The molecule has 0 aliphatic rings. The molecule has 0 saturated heterocycles. The minimum Gasteiger partial charge on any atom is -0.493 e. The lowest BCUT2D eigenvalue weighted by Gasteiger charge is -2.17. The van der Waals surface area contributed by atoms with E-state index in [4.69, 9.17) is 19.9 Å². The number of hydrogen-bond acceptors (Lipinski definition) is 4. The van der Waals surface area contributed by atoms with Gasteiger partial charge in [0.05, 0.1) is 20.8 Å². The van der Waals surface area contributed by atoms with Crippen molar-refractivity contribution in [3.8, 4) is 17.2 Å². The SMILES string of the molecule is COc1cccc(OCCC(CN)c2ccc(F)cc2)c1OC. The Morgan fingerprint density at radius 1 is 1.00 bits per heavy atom. The fourth-order valence-electron chi connectivity index (χ4n) is 2.44. The highest BCUT2D eigenvalue weighted by Crippen LogP contribution is 2.36. The second-order valence-electron chi connectivity index (χ2n) is 5.11. The monoisotopic (exact) mass is 319 g/mol. The predicted molar refractivity (Wildman–Crippen MR) is 87.9 cm³/mol. The zero-order chi connectivity index (χ0) is 16.7. The van der Waals surface area contributed by atoms with Gasteiger partial charge in [-0.15, -0.1) is 0 Å². The van der Waals surface area contributed by atoms with Gasteiger partial charge in [-0.05, 0) is 48.7 Å². The zero-order valence-corrected chi connectivity index (χ0v) is 13.4. The summed E-state index contributed by atoms with van der Waals surface area (Å²) in [6.07, 6.45) is 0.725. The van der Waals surface area contributed by atoms with Crippen LogP contribution in [0.2, 0.25) is 0 Å². The van der Waals surface area contributed by atoms with Crippen LogP contribution in [0.3, 0.4) is 0 Å². The van der Waals surface area contributed by atoms with Crippen LogP contribution in [0.5, 0.6) is 17.2 Å². The van der Waals surface area contributed by atoms with Crippen molar-refractivity contribution in [3.63, 3.8) is 0 Å². The third-order valence-corrected chi connectivity index (χ3v) is 3.72. The molecule has 124 valence electrons. The van der Waals surface area contributed by atoms with E-state index in [2.05, 4.69) is 0 Å². The minimum absolute atomic E-state index is 0.118. The topological polar surface area (TPSA) is 53.7 Å². The van der Waals surface area contributed by atoms with E-state index in [9.17, 15) is 4.39 Å². The highest BCUT2D eigenvalue weighted by atomic mass is 19.1. The summed E-state index contributed by atoms with van der Waals surface area (Å²) in [4.78, 5) is 0. The maximum Gasteiger partial charge on any atom is 0.203 e. The van der Waals surface area contributed by atoms with Crippen LogP contribution in [0.1, 0.15) is 17.9 Å². The maximum atomic E-state index is 13.0.